The highest BCUT2D eigenvalue weighted by molar-refractivity contribution is 5.97. The quantitative estimate of drug-likeness (QED) is 0.508. The lowest BCUT2D eigenvalue weighted by Crippen LogP contribution is -2.22. The summed E-state index contributed by atoms with van der Waals surface area (Å²) in [5.41, 5.74) is 4.89. The Hall–Kier alpha value is -3.66. The lowest BCUT2D eigenvalue weighted by atomic mass is 10.1. The minimum atomic E-state index is -0.101. The van der Waals surface area contributed by atoms with E-state index in [0.717, 1.165) is 27.8 Å². The van der Waals surface area contributed by atoms with Gasteiger partial charge >= 0.3 is 0 Å². The van der Waals surface area contributed by atoms with Crippen molar-refractivity contribution in [2.24, 2.45) is 0 Å². The lowest BCUT2D eigenvalue weighted by molar-refractivity contribution is 0.0951. The summed E-state index contributed by atoms with van der Waals surface area (Å²) in [4.78, 5) is 16.7. The molecule has 0 atom stereocenters. The molecule has 1 aromatic heterocycles. The van der Waals surface area contributed by atoms with Crippen molar-refractivity contribution >= 4 is 16.8 Å². The molecule has 4 aromatic rings. The van der Waals surface area contributed by atoms with E-state index in [1.165, 1.54) is 5.56 Å². The number of fused-ring (bicyclic) bond motifs is 1. The highest BCUT2D eigenvalue weighted by atomic mass is 16.5. The van der Waals surface area contributed by atoms with Gasteiger partial charge in [0.25, 0.3) is 5.91 Å². The lowest BCUT2D eigenvalue weighted by Gasteiger charge is -2.09. The Labute approximate surface area is 170 Å². The van der Waals surface area contributed by atoms with Crippen LogP contribution in [-0.4, -0.2) is 10.9 Å². The topological polar surface area (TPSA) is 51.2 Å². The molecule has 4 rings (SSSR count). The third-order valence-electron chi connectivity index (χ3n) is 4.73. The second kappa shape index (κ2) is 8.57. The van der Waals surface area contributed by atoms with Gasteiger partial charge in [0.1, 0.15) is 12.4 Å². The molecule has 4 nitrogen and oxygen atoms in total. The maximum Gasteiger partial charge on any atom is 0.251 e. The number of rotatable bonds is 6. The minimum Gasteiger partial charge on any atom is -0.489 e. The summed E-state index contributed by atoms with van der Waals surface area (Å²) in [6, 6.07) is 25.4. The van der Waals surface area contributed by atoms with Crippen molar-refractivity contribution in [3.8, 4) is 5.75 Å². The monoisotopic (exact) mass is 382 g/mol. The summed E-state index contributed by atoms with van der Waals surface area (Å²) in [6.07, 6.45) is 1.75. The molecule has 1 N–H and O–H groups in total. The number of pyridine rings is 1. The maximum absolute atomic E-state index is 12.5. The largest absolute Gasteiger partial charge is 0.489 e. The van der Waals surface area contributed by atoms with Crippen LogP contribution in [0.2, 0.25) is 0 Å². The molecule has 0 aliphatic heterocycles. The first-order chi connectivity index (χ1) is 14.2. The molecule has 4 heteroatoms. The van der Waals surface area contributed by atoms with Crippen LogP contribution in [0, 0.1) is 6.92 Å². The number of amides is 1. The van der Waals surface area contributed by atoms with Gasteiger partial charge in [-0.25, -0.2) is 0 Å². The van der Waals surface area contributed by atoms with Crippen LogP contribution >= 0.6 is 0 Å². The van der Waals surface area contributed by atoms with Gasteiger partial charge in [0.15, 0.2) is 0 Å². The molecule has 0 saturated carbocycles. The van der Waals surface area contributed by atoms with Crippen LogP contribution in [0.4, 0.5) is 0 Å². The molecule has 144 valence electrons. The predicted molar refractivity (Wildman–Crippen MR) is 115 cm³/mol. The second-order valence-corrected chi connectivity index (χ2v) is 7.02. The summed E-state index contributed by atoms with van der Waals surface area (Å²) >= 11 is 0. The van der Waals surface area contributed by atoms with Crippen molar-refractivity contribution in [2.45, 2.75) is 20.1 Å². The van der Waals surface area contributed by atoms with Crippen molar-refractivity contribution in [1.82, 2.24) is 10.3 Å². The molecule has 0 radical (unpaired) electrons. The highest BCUT2D eigenvalue weighted by Crippen LogP contribution is 2.16. The Kier molecular flexibility index (Phi) is 5.52. The van der Waals surface area contributed by atoms with Gasteiger partial charge in [0.2, 0.25) is 0 Å². The Morgan fingerprint density at radius 2 is 1.79 bits per heavy atom. The number of aryl methyl sites for hydroxylation is 1. The number of aromatic nitrogens is 1. The van der Waals surface area contributed by atoms with E-state index in [1.54, 1.807) is 12.3 Å². The molecule has 0 aliphatic carbocycles. The summed E-state index contributed by atoms with van der Waals surface area (Å²) in [5, 5.41) is 3.92. The van der Waals surface area contributed by atoms with E-state index in [9.17, 15) is 4.79 Å². The molecule has 0 spiro atoms. The van der Waals surface area contributed by atoms with Crippen molar-refractivity contribution in [2.75, 3.05) is 0 Å². The zero-order valence-corrected chi connectivity index (χ0v) is 16.3. The number of nitrogens with one attached hydrogen (secondary N) is 1. The molecular formula is C25H22N2O2. The number of carbonyl (C=O) groups excluding carboxylic acids is 1. The normalized spacial score (nSPS) is 10.7. The van der Waals surface area contributed by atoms with E-state index >= 15 is 0 Å². The zero-order valence-electron chi connectivity index (χ0n) is 16.3. The number of ether oxygens (including phenoxy) is 1. The van der Waals surface area contributed by atoms with E-state index in [4.69, 9.17) is 4.74 Å². The van der Waals surface area contributed by atoms with Gasteiger partial charge in [-0.3, -0.25) is 9.78 Å². The molecule has 0 fully saturated rings. The summed E-state index contributed by atoms with van der Waals surface area (Å²) in [5.74, 6) is 0.708. The Balaban J connectivity index is 1.32. The molecule has 0 aliphatic rings. The van der Waals surface area contributed by atoms with E-state index < -0.39 is 0 Å². The van der Waals surface area contributed by atoms with Crippen molar-refractivity contribution in [3.63, 3.8) is 0 Å². The molecule has 0 bridgehead atoms. The fraction of sp³-hybridized carbons (Fsp3) is 0.120. The molecule has 1 amide bonds. The van der Waals surface area contributed by atoms with E-state index in [2.05, 4.69) is 35.4 Å². The van der Waals surface area contributed by atoms with Crippen LogP contribution in [0.5, 0.6) is 5.75 Å². The number of hydrogen-bond acceptors (Lipinski definition) is 3. The maximum atomic E-state index is 12.5. The average Bonchev–Trinajstić information content (AvgIpc) is 2.76. The standard InChI is InChI=1S/C25H22N2O2/c1-18-4-2-5-20(14-18)17-29-23-10-7-19(8-11-23)16-27-25(28)22-9-12-24-21(15-22)6-3-13-26-24/h2-15H,16-17H2,1H3,(H,27,28). The zero-order chi connectivity index (χ0) is 20.1. The van der Waals surface area contributed by atoms with E-state index in [-0.39, 0.29) is 5.91 Å². The Morgan fingerprint density at radius 3 is 2.62 bits per heavy atom. The minimum absolute atomic E-state index is 0.101. The molecular weight excluding hydrogens is 360 g/mol. The van der Waals surface area contributed by atoms with Crippen molar-refractivity contribution in [1.29, 1.82) is 0 Å². The fourth-order valence-electron chi connectivity index (χ4n) is 3.17. The van der Waals surface area contributed by atoms with E-state index in [1.807, 2.05) is 54.6 Å². The third kappa shape index (κ3) is 4.79. The molecule has 29 heavy (non-hydrogen) atoms. The molecule has 1 heterocycles. The van der Waals surface area contributed by atoms with Crippen LogP contribution in [-0.2, 0) is 13.2 Å². The molecule has 0 saturated heterocycles. The van der Waals surface area contributed by atoms with Crippen LogP contribution in [0.15, 0.2) is 85.1 Å². The third-order valence-corrected chi connectivity index (χ3v) is 4.73. The number of benzene rings is 3. The van der Waals surface area contributed by atoms with Crippen LogP contribution in [0.3, 0.4) is 0 Å². The first kappa shape index (κ1) is 18.7. The van der Waals surface area contributed by atoms with Gasteiger partial charge in [-0.05, 0) is 54.4 Å². The van der Waals surface area contributed by atoms with E-state index in [0.29, 0.717) is 18.7 Å². The van der Waals surface area contributed by atoms with Crippen LogP contribution < -0.4 is 10.1 Å². The summed E-state index contributed by atoms with van der Waals surface area (Å²) < 4.78 is 5.84. The van der Waals surface area contributed by atoms with Gasteiger partial charge in [0, 0.05) is 23.7 Å². The Bertz CT molecular complexity index is 1140. The van der Waals surface area contributed by atoms with Crippen molar-refractivity contribution in [3.05, 3.63) is 107 Å². The van der Waals surface area contributed by atoms with Gasteiger partial charge in [-0.15, -0.1) is 0 Å². The Morgan fingerprint density at radius 1 is 0.931 bits per heavy atom. The first-order valence-corrected chi connectivity index (χ1v) is 9.58. The highest BCUT2D eigenvalue weighted by Gasteiger charge is 2.07. The van der Waals surface area contributed by atoms with Crippen LogP contribution in [0.25, 0.3) is 10.9 Å². The van der Waals surface area contributed by atoms with Crippen molar-refractivity contribution < 1.29 is 9.53 Å². The molecule has 3 aromatic carbocycles. The SMILES string of the molecule is Cc1cccc(COc2ccc(CNC(=O)c3ccc4ncccc4c3)cc2)c1. The number of nitrogens with zero attached hydrogens (tertiary/aromatic N) is 1. The summed E-state index contributed by atoms with van der Waals surface area (Å²) in [7, 11) is 0. The fourth-order valence-corrected chi connectivity index (χ4v) is 3.17. The predicted octanol–water partition coefficient (Wildman–Crippen LogP) is 5.05. The van der Waals surface area contributed by atoms with Gasteiger partial charge in [-0.1, -0.05) is 48.0 Å². The second-order valence-electron chi connectivity index (χ2n) is 7.02. The molecule has 0 unspecified atom stereocenters. The van der Waals surface area contributed by atoms with Crippen LogP contribution in [0.1, 0.15) is 27.0 Å². The van der Waals surface area contributed by atoms with Gasteiger partial charge in [-0.2, -0.15) is 0 Å². The van der Waals surface area contributed by atoms with Gasteiger partial charge < -0.3 is 10.1 Å². The van der Waals surface area contributed by atoms with Gasteiger partial charge in [0.05, 0.1) is 5.52 Å². The first-order valence-electron chi connectivity index (χ1n) is 9.58. The number of hydrogen-bond donors (Lipinski definition) is 1. The number of carbonyl (C=O) groups is 1. The smallest absolute Gasteiger partial charge is 0.251 e. The summed E-state index contributed by atoms with van der Waals surface area (Å²) in [6.45, 7) is 3.07. The average molecular weight is 382 g/mol.